The lowest BCUT2D eigenvalue weighted by Gasteiger charge is -2.27. The lowest BCUT2D eigenvalue weighted by molar-refractivity contribution is -1.00. The molecule has 1 fully saturated rings. The van der Waals surface area contributed by atoms with E-state index in [0.717, 1.165) is 18.8 Å². The second-order valence-corrected chi connectivity index (χ2v) is 6.52. The zero-order valence-corrected chi connectivity index (χ0v) is 14.1. The predicted molar refractivity (Wildman–Crippen MR) is 94.2 cm³/mol. The van der Waals surface area contributed by atoms with E-state index in [1.807, 2.05) is 6.07 Å². The largest absolute Gasteiger partial charge is 0.493 e. The first-order valence-corrected chi connectivity index (χ1v) is 8.75. The Balaban J connectivity index is 1.51. The average molecular weight is 312 g/mol. The van der Waals surface area contributed by atoms with Crippen LogP contribution in [0, 0.1) is 0 Å². The minimum Gasteiger partial charge on any atom is -0.493 e. The molecule has 0 amide bonds. The summed E-state index contributed by atoms with van der Waals surface area (Å²) in [5.41, 5.74) is 2.40. The van der Waals surface area contributed by atoms with Crippen LogP contribution in [0.2, 0.25) is 0 Å². The summed E-state index contributed by atoms with van der Waals surface area (Å²) in [5, 5.41) is 0. The molecule has 1 aliphatic heterocycles. The summed E-state index contributed by atoms with van der Waals surface area (Å²) in [7, 11) is 2.29. The maximum atomic E-state index is 6.09. The Morgan fingerprint density at radius 3 is 2.35 bits per heavy atom. The van der Waals surface area contributed by atoms with E-state index in [1.165, 1.54) is 43.9 Å². The first-order valence-electron chi connectivity index (χ1n) is 8.75. The first-order chi connectivity index (χ1) is 11.3. The van der Waals surface area contributed by atoms with Crippen molar-refractivity contribution in [1.29, 1.82) is 0 Å². The van der Waals surface area contributed by atoms with E-state index in [1.54, 1.807) is 9.80 Å². The fourth-order valence-corrected chi connectivity index (χ4v) is 3.23. The standard InChI is InChI=1S/C20H26N2O/c1-21-13-15-22(16-14-21)12-7-17-23-20-11-6-5-10-19(20)18-8-3-2-4-9-18/h2-6,8-11H,7,12-17H2,1H3/p+2. The summed E-state index contributed by atoms with van der Waals surface area (Å²) in [6.45, 7) is 7.22. The van der Waals surface area contributed by atoms with Crippen LogP contribution in [0.4, 0.5) is 0 Å². The van der Waals surface area contributed by atoms with Gasteiger partial charge in [0.25, 0.3) is 0 Å². The molecule has 2 aromatic rings. The molecule has 0 unspecified atom stereocenters. The minimum absolute atomic E-state index is 0.802. The quantitative estimate of drug-likeness (QED) is 0.745. The maximum Gasteiger partial charge on any atom is 0.127 e. The van der Waals surface area contributed by atoms with E-state index in [-0.39, 0.29) is 0 Å². The molecule has 122 valence electrons. The third kappa shape index (κ3) is 4.57. The smallest absolute Gasteiger partial charge is 0.127 e. The minimum atomic E-state index is 0.802. The number of rotatable bonds is 6. The van der Waals surface area contributed by atoms with Gasteiger partial charge in [0, 0.05) is 12.0 Å². The number of quaternary nitrogens is 2. The first kappa shape index (κ1) is 16.0. The highest BCUT2D eigenvalue weighted by molar-refractivity contribution is 5.70. The third-order valence-electron chi connectivity index (χ3n) is 4.71. The van der Waals surface area contributed by atoms with E-state index >= 15 is 0 Å². The van der Waals surface area contributed by atoms with Gasteiger partial charge in [-0.25, -0.2) is 0 Å². The molecular weight excluding hydrogens is 284 g/mol. The normalized spacial score (nSPS) is 21.1. The SMILES string of the molecule is C[NH+]1CC[NH+](CCCOc2ccccc2-c2ccccc2)CC1. The van der Waals surface area contributed by atoms with Gasteiger partial charge in [0.15, 0.2) is 0 Å². The monoisotopic (exact) mass is 312 g/mol. The van der Waals surface area contributed by atoms with Crippen LogP contribution in [0.15, 0.2) is 54.6 Å². The van der Waals surface area contributed by atoms with Crippen LogP contribution < -0.4 is 14.5 Å². The fourth-order valence-electron chi connectivity index (χ4n) is 3.23. The van der Waals surface area contributed by atoms with Crippen LogP contribution >= 0.6 is 0 Å². The molecule has 3 rings (SSSR count). The van der Waals surface area contributed by atoms with E-state index in [0.29, 0.717) is 0 Å². The molecule has 1 saturated heterocycles. The van der Waals surface area contributed by atoms with Gasteiger partial charge in [-0.3, -0.25) is 0 Å². The molecule has 2 aromatic carbocycles. The van der Waals surface area contributed by atoms with Gasteiger partial charge in [0.2, 0.25) is 0 Å². The number of ether oxygens (including phenoxy) is 1. The second-order valence-electron chi connectivity index (χ2n) is 6.52. The van der Waals surface area contributed by atoms with Crippen molar-refractivity contribution in [2.75, 3.05) is 46.4 Å². The molecule has 0 aliphatic carbocycles. The molecule has 0 atom stereocenters. The summed E-state index contributed by atoms with van der Waals surface area (Å²) in [5.74, 6) is 0.997. The molecule has 1 heterocycles. The Hall–Kier alpha value is -1.84. The number of likely N-dealkylation sites (N-methyl/N-ethyl adjacent to an activating group) is 1. The maximum absolute atomic E-state index is 6.09. The highest BCUT2D eigenvalue weighted by Crippen LogP contribution is 2.29. The zero-order valence-electron chi connectivity index (χ0n) is 14.1. The Morgan fingerprint density at radius 1 is 0.870 bits per heavy atom. The highest BCUT2D eigenvalue weighted by Gasteiger charge is 2.19. The molecular formula is C20H28N2O+2. The van der Waals surface area contributed by atoms with Gasteiger partial charge in [0.1, 0.15) is 31.9 Å². The molecule has 3 heteroatoms. The number of benzene rings is 2. The summed E-state index contributed by atoms with van der Waals surface area (Å²) in [6.07, 6.45) is 1.12. The highest BCUT2D eigenvalue weighted by atomic mass is 16.5. The summed E-state index contributed by atoms with van der Waals surface area (Å²) in [4.78, 5) is 3.40. The van der Waals surface area contributed by atoms with Gasteiger partial charge in [-0.15, -0.1) is 0 Å². The fraction of sp³-hybridized carbons (Fsp3) is 0.400. The van der Waals surface area contributed by atoms with Crippen molar-refractivity contribution in [2.24, 2.45) is 0 Å². The van der Waals surface area contributed by atoms with E-state index < -0.39 is 0 Å². The van der Waals surface area contributed by atoms with Gasteiger partial charge in [0.05, 0.1) is 20.2 Å². The number of piperazine rings is 1. The van der Waals surface area contributed by atoms with E-state index in [2.05, 4.69) is 55.6 Å². The van der Waals surface area contributed by atoms with Gasteiger partial charge in [-0.2, -0.15) is 0 Å². The van der Waals surface area contributed by atoms with Crippen LogP contribution in [-0.4, -0.2) is 46.4 Å². The van der Waals surface area contributed by atoms with Crippen LogP contribution in [0.25, 0.3) is 11.1 Å². The molecule has 0 spiro atoms. The van der Waals surface area contributed by atoms with Crippen LogP contribution in [0.5, 0.6) is 5.75 Å². The zero-order chi connectivity index (χ0) is 15.9. The topological polar surface area (TPSA) is 18.1 Å². The molecule has 3 nitrogen and oxygen atoms in total. The van der Waals surface area contributed by atoms with Gasteiger partial charge >= 0.3 is 0 Å². The summed E-state index contributed by atoms with van der Waals surface area (Å²) in [6, 6.07) is 18.8. The van der Waals surface area contributed by atoms with Crippen molar-refractivity contribution in [3.63, 3.8) is 0 Å². The van der Waals surface area contributed by atoms with Gasteiger partial charge in [-0.05, 0) is 11.6 Å². The number of hydrogen-bond acceptors (Lipinski definition) is 1. The Morgan fingerprint density at radius 2 is 1.57 bits per heavy atom. The lowest BCUT2D eigenvalue weighted by Crippen LogP contribution is -3.27. The molecule has 0 bridgehead atoms. The Bertz CT molecular complexity index is 592. The third-order valence-corrected chi connectivity index (χ3v) is 4.71. The number of para-hydroxylation sites is 1. The van der Waals surface area contributed by atoms with Crippen molar-refractivity contribution in [1.82, 2.24) is 0 Å². The lowest BCUT2D eigenvalue weighted by atomic mass is 10.1. The Labute approximate surface area is 139 Å². The number of nitrogens with one attached hydrogen (secondary N) is 2. The van der Waals surface area contributed by atoms with Crippen LogP contribution in [-0.2, 0) is 0 Å². The van der Waals surface area contributed by atoms with Crippen molar-refractivity contribution >= 4 is 0 Å². The van der Waals surface area contributed by atoms with Gasteiger partial charge in [-0.1, -0.05) is 48.5 Å². The second kappa shape index (κ2) is 8.14. The molecule has 0 saturated carbocycles. The average Bonchev–Trinajstić information content (AvgIpc) is 2.61. The van der Waals surface area contributed by atoms with Crippen molar-refractivity contribution in [2.45, 2.75) is 6.42 Å². The van der Waals surface area contributed by atoms with Crippen LogP contribution in [0.1, 0.15) is 6.42 Å². The molecule has 0 aromatic heterocycles. The molecule has 0 radical (unpaired) electrons. The van der Waals surface area contributed by atoms with Crippen LogP contribution in [0.3, 0.4) is 0 Å². The van der Waals surface area contributed by atoms with Crippen molar-refractivity contribution < 1.29 is 14.5 Å². The Kier molecular flexibility index (Phi) is 5.67. The van der Waals surface area contributed by atoms with Crippen molar-refractivity contribution in [3.05, 3.63) is 54.6 Å². The van der Waals surface area contributed by atoms with E-state index in [4.69, 9.17) is 4.74 Å². The number of hydrogen-bond donors (Lipinski definition) is 2. The van der Waals surface area contributed by atoms with E-state index in [9.17, 15) is 0 Å². The predicted octanol–water partition coefficient (Wildman–Crippen LogP) is 0.536. The molecule has 23 heavy (non-hydrogen) atoms. The molecule has 2 N–H and O–H groups in total. The molecule has 1 aliphatic rings. The summed E-state index contributed by atoms with van der Waals surface area (Å²) >= 11 is 0. The van der Waals surface area contributed by atoms with Gasteiger partial charge < -0.3 is 14.5 Å². The summed E-state index contributed by atoms with van der Waals surface area (Å²) < 4.78 is 6.09. The van der Waals surface area contributed by atoms with Crippen molar-refractivity contribution in [3.8, 4) is 16.9 Å².